The Kier molecular flexibility index (Phi) is 4.12. The van der Waals surface area contributed by atoms with Gasteiger partial charge in [-0.3, -0.25) is 4.79 Å². The monoisotopic (exact) mass is 321 g/mol. The minimum atomic E-state index is -5.02. The van der Waals surface area contributed by atoms with Crippen LogP contribution < -0.4 is 10.3 Å². The summed E-state index contributed by atoms with van der Waals surface area (Å²) in [6.07, 6.45) is -8.20. The van der Waals surface area contributed by atoms with E-state index in [1.165, 1.54) is 0 Å². The molecule has 0 atom stereocenters. The van der Waals surface area contributed by atoms with Crippen molar-refractivity contribution < 1.29 is 26.7 Å². The quantitative estimate of drug-likeness (QED) is 0.686. The van der Waals surface area contributed by atoms with Gasteiger partial charge in [0.05, 0.1) is 11.3 Å². The molecule has 0 unspecified atom stereocenters. The molecule has 17 heavy (non-hydrogen) atoms. The van der Waals surface area contributed by atoms with E-state index in [2.05, 4.69) is 20.7 Å². The van der Waals surface area contributed by atoms with E-state index in [0.29, 0.717) is 6.07 Å². The molecule has 1 aromatic rings. The van der Waals surface area contributed by atoms with Gasteiger partial charge < -0.3 is 9.72 Å². The fourth-order valence-electron chi connectivity index (χ4n) is 1.04. The van der Waals surface area contributed by atoms with Gasteiger partial charge in [-0.1, -0.05) is 15.9 Å². The van der Waals surface area contributed by atoms with Crippen LogP contribution in [0.5, 0.6) is 5.75 Å². The lowest BCUT2D eigenvalue weighted by atomic mass is 10.2. The summed E-state index contributed by atoms with van der Waals surface area (Å²) in [5.41, 5.74) is -2.49. The molecule has 0 amide bonds. The predicted molar refractivity (Wildman–Crippen MR) is 51.3 cm³/mol. The normalized spacial score (nSPS) is 11.9. The van der Waals surface area contributed by atoms with Crippen molar-refractivity contribution in [3.8, 4) is 5.75 Å². The van der Waals surface area contributed by atoms with Crippen LogP contribution in [0.15, 0.2) is 10.9 Å². The van der Waals surface area contributed by atoms with Gasteiger partial charge in [0.2, 0.25) is 0 Å². The third-order valence-electron chi connectivity index (χ3n) is 1.71. The molecule has 1 rings (SSSR count). The topological polar surface area (TPSA) is 42.1 Å². The third kappa shape index (κ3) is 3.69. The van der Waals surface area contributed by atoms with Crippen molar-refractivity contribution in [2.75, 3.05) is 0 Å². The molecule has 1 aromatic heterocycles. The number of aromatic nitrogens is 1. The highest BCUT2D eigenvalue weighted by atomic mass is 79.9. The Labute approximate surface area is 99.7 Å². The van der Waals surface area contributed by atoms with Crippen LogP contribution in [0.4, 0.5) is 22.0 Å². The molecule has 0 bridgehead atoms. The van der Waals surface area contributed by atoms with E-state index in [-0.39, 0.29) is 11.0 Å². The van der Waals surface area contributed by atoms with Gasteiger partial charge in [0, 0.05) is 5.33 Å². The molecule has 0 fully saturated rings. The van der Waals surface area contributed by atoms with Crippen molar-refractivity contribution in [1.82, 2.24) is 4.98 Å². The Morgan fingerprint density at radius 2 is 2.00 bits per heavy atom. The third-order valence-corrected chi connectivity index (χ3v) is 2.27. The van der Waals surface area contributed by atoms with Crippen LogP contribution in [0.1, 0.15) is 17.7 Å². The van der Waals surface area contributed by atoms with Crippen LogP contribution in [0.25, 0.3) is 0 Å². The van der Waals surface area contributed by atoms with Gasteiger partial charge in [0.15, 0.2) is 0 Å². The van der Waals surface area contributed by atoms with Gasteiger partial charge in [0.1, 0.15) is 5.75 Å². The Morgan fingerprint density at radius 3 is 2.41 bits per heavy atom. The number of H-pyrrole nitrogens is 1. The highest BCUT2D eigenvalue weighted by Gasteiger charge is 2.33. The molecule has 0 aliphatic rings. The van der Waals surface area contributed by atoms with Crippen molar-refractivity contribution in [2.24, 2.45) is 0 Å². The smallest absolute Gasteiger partial charge is 0.404 e. The highest BCUT2D eigenvalue weighted by Crippen LogP contribution is 2.28. The number of halogens is 6. The first-order chi connectivity index (χ1) is 7.74. The van der Waals surface area contributed by atoms with Gasteiger partial charge in [-0.05, 0) is 6.07 Å². The molecule has 0 aliphatic carbocycles. The number of ether oxygens (including phenoxy) is 1. The van der Waals surface area contributed by atoms with E-state index in [1.54, 1.807) is 0 Å². The van der Waals surface area contributed by atoms with Gasteiger partial charge in [-0.15, -0.1) is 13.2 Å². The van der Waals surface area contributed by atoms with E-state index in [1.807, 2.05) is 4.98 Å². The SMILES string of the molecule is O=c1[nH]c(CBr)c(OC(F)(F)F)cc1C(F)F. The van der Waals surface area contributed by atoms with E-state index in [0.717, 1.165) is 0 Å². The number of hydrogen-bond acceptors (Lipinski definition) is 2. The zero-order valence-corrected chi connectivity index (χ0v) is 9.53. The molecule has 0 aromatic carbocycles. The van der Waals surface area contributed by atoms with Crippen LogP contribution >= 0.6 is 15.9 Å². The molecule has 1 N–H and O–H groups in total. The predicted octanol–water partition coefficient (Wildman–Crippen LogP) is 3.11. The van der Waals surface area contributed by atoms with Crippen molar-refractivity contribution in [1.29, 1.82) is 0 Å². The van der Waals surface area contributed by atoms with Gasteiger partial charge in [-0.2, -0.15) is 0 Å². The first-order valence-corrected chi connectivity index (χ1v) is 5.22. The van der Waals surface area contributed by atoms with E-state index in [9.17, 15) is 26.7 Å². The molecule has 0 saturated carbocycles. The number of aromatic amines is 1. The average Bonchev–Trinajstić information content (AvgIpc) is 2.17. The fourth-order valence-corrected chi connectivity index (χ4v) is 1.46. The molecular formula is C8H5BrF5NO2. The molecule has 3 nitrogen and oxygen atoms in total. The van der Waals surface area contributed by atoms with Gasteiger partial charge in [-0.25, -0.2) is 8.78 Å². The van der Waals surface area contributed by atoms with Crippen LogP contribution in [0.2, 0.25) is 0 Å². The van der Waals surface area contributed by atoms with Crippen LogP contribution in [0, 0.1) is 0 Å². The van der Waals surface area contributed by atoms with E-state index < -0.39 is 29.7 Å². The number of alkyl halides is 6. The second-order valence-electron chi connectivity index (χ2n) is 2.88. The molecular weight excluding hydrogens is 317 g/mol. The number of rotatable bonds is 3. The molecule has 9 heteroatoms. The summed E-state index contributed by atoms with van der Waals surface area (Å²) in [7, 11) is 0. The summed E-state index contributed by atoms with van der Waals surface area (Å²) in [5, 5.41) is -0.169. The zero-order chi connectivity index (χ0) is 13.2. The second kappa shape index (κ2) is 5.03. The molecule has 1 heterocycles. The van der Waals surface area contributed by atoms with Crippen molar-refractivity contribution in [3.05, 3.63) is 27.7 Å². The van der Waals surface area contributed by atoms with E-state index >= 15 is 0 Å². The summed E-state index contributed by atoms with van der Waals surface area (Å²) in [5.74, 6) is -0.857. The van der Waals surface area contributed by atoms with E-state index in [4.69, 9.17) is 0 Å². The standard InChI is InChI=1S/C8H5BrF5NO2/c9-2-4-5(17-8(12,13)14)1-3(6(10)11)7(16)15-4/h1,6H,2H2,(H,15,16). The van der Waals surface area contributed by atoms with Crippen LogP contribution in [0.3, 0.4) is 0 Å². The number of pyridine rings is 1. The molecule has 0 spiro atoms. The molecule has 0 saturated heterocycles. The summed E-state index contributed by atoms with van der Waals surface area (Å²) < 4.78 is 64.1. The van der Waals surface area contributed by atoms with Gasteiger partial charge >= 0.3 is 6.36 Å². The molecule has 0 radical (unpaired) electrons. The summed E-state index contributed by atoms with van der Waals surface area (Å²) >= 11 is 2.81. The minimum absolute atomic E-state index is 0.169. The number of hydrogen-bond donors (Lipinski definition) is 1. The Bertz CT molecular complexity index is 456. The lowest BCUT2D eigenvalue weighted by Crippen LogP contribution is -2.22. The fraction of sp³-hybridized carbons (Fsp3) is 0.375. The Hall–Kier alpha value is -1.12. The molecule has 0 aliphatic heterocycles. The number of nitrogens with one attached hydrogen (secondary N) is 1. The summed E-state index contributed by atoms with van der Waals surface area (Å²) in [4.78, 5) is 13.0. The second-order valence-corrected chi connectivity index (χ2v) is 3.44. The zero-order valence-electron chi connectivity index (χ0n) is 7.95. The maximum Gasteiger partial charge on any atom is 0.573 e. The van der Waals surface area contributed by atoms with Crippen molar-refractivity contribution in [2.45, 2.75) is 18.1 Å². The van der Waals surface area contributed by atoms with Crippen molar-refractivity contribution in [3.63, 3.8) is 0 Å². The lowest BCUT2D eigenvalue weighted by molar-refractivity contribution is -0.275. The minimum Gasteiger partial charge on any atom is -0.404 e. The lowest BCUT2D eigenvalue weighted by Gasteiger charge is -2.12. The Balaban J connectivity index is 3.27. The molecule has 96 valence electrons. The summed E-state index contributed by atoms with van der Waals surface area (Å²) in [6, 6.07) is 0.383. The average molecular weight is 322 g/mol. The highest BCUT2D eigenvalue weighted by molar-refractivity contribution is 9.08. The summed E-state index contributed by atoms with van der Waals surface area (Å²) in [6.45, 7) is 0. The Morgan fingerprint density at radius 1 is 1.41 bits per heavy atom. The first kappa shape index (κ1) is 13.9. The first-order valence-electron chi connectivity index (χ1n) is 4.10. The maximum absolute atomic E-state index is 12.3. The van der Waals surface area contributed by atoms with Crippen LogP contribution in [-0.2, 0) is 5.33 Å². The van der Waals surface area contributed by atoms with Gasteiger partial charge in [0.25, 0.3) is 12.0 Å². The largest absolute Gasteiger partial charge is 0.573 e. The maximum atomic E-state index is 12.3. The van der Waals surface area contributed by atoms with Crippen LogP contribution in [-0.4, -0.2) is 11.3 Å². The van der Waals surface area contributed by atoms with Crippen molar-refractivity contribution >= 4 is 15.9 Å².